The van der Waals surface area contributed by atoms with E-state index in [1.807, 2.05) is 49.4 Å². The molecule has 0 N–H and O–H groups in total. The smallest absolute Gasteiger partial charge is 0.181 e. The van der Waals surface area contributed by atoms with Crippen LogP contribution < -0.4 is 0 Å². The highest BCUT2D eigenvalue weighted by Crippen LogP contribution is 2.07. The molecular formula is C15H15NO. The molecule has 1 aromatic heterocycles. The van der Waals surface area contributed by atoms with E-state index in [1.165, 1.54) is 5.56 Å². The van der Waals surface area contributed by atoms with Gasteiger partial charge in [0.1, 0.15) is 5.69 Å². The van der Waals surface area contributed by atoms with E-state index in [-0.39, 0.29) is 5.78 Å². The van der Waals surface area contributed by atoms with E-state index in [0.717, 1.165) is 12.1 Å². The summed E-state index contributed by atoms with van der Waals surface area (Å²) in [6.45, 7) is 1.90. The highest BCUT2D eigenvalue weighted by molar-refractivity contribution is 5.94. The molecular weight excluding hydrogens is 210 g/mol. The number of rotatable bonds is 4. The second-order valence-corrected chi connectivity index (χ2v) is 4.07. The molecule has 0 atom stereocenters. The van der Waals surface area contributed by atoms with Gasteiger partial charge in [0.25, 0.3) is 0 Å². The Bertz CT molecular complexity index is 505. The normalized spacial score (nSPS) is 10.2. The molecule has 0 aliphatic heterocycles. The van der Waals surface area contributed by atoms with Crippen LogP contribution in [-0.2, 0) is 6.42 Å². The third kappa shape index (κ3) is 3.25. The summed E-state index contributed by atoms with van der Waals surface area (Å²) in [5.41, 5.74) is 2.64. The number of aryl methyl sites for hydroxylation is 2. The number of Topliss-reactive ketones (excluding diaryl/α,β-unsaturated/α-hetero) is 1. The van der Waals surface area contributed by atoms with Crippen LogP contribution >= 0.6 is 0 Å². The molecule has 2 rings (SSSR count). The number of nitrogens with zero attached hydrogens (tertiary/aromatic N) is 1. The molecule has 2 nitrogen and oxygen atoms in total. The summed E-state index contributed by atoms with van der Waals surface area (Å²) in [5, 5.41) is 0. The van der Waals surface area contributed by atoms with Gasteiger partial charge in [-0.05, 0) is 31.0 Å². The molecule has 1 aromatic carbocycles. The van der Waals surface area contributed by atoms with Crippen LogP contribution in [0.15, 0.2) is 48.5 Å². The van der Waals surface area contributed by atoms with Crippen molar-refractivity contribution in [2.24, 2.45) is 0 Å². The molecule has 0 aliphatic carbocycles. The van der Waals surface area contributed by atoms with Crippen molar-refractivity contribution in [3.8, 4) is 0 Å². The van der Waals surface area contributed by atoms with Crippen molar-refractivity contribution in [3.05, 3.63) is 65.5 Å². The van der Waals surface area contributed by atoms with E-state index < -0.39 is 0 Å². The molecule has 0 radical (unpaired) electrons. The lowest BCUT2D eigenvalue weighted by molar-refractivity contribution is 0.0978. The summed E-state index contributed by atoms with van der Waals surface area (Å²) in [6, 6.07) is 15.6. The molecule has 0 unspecified atom stereocenters. The van der Waals surface area contributed by atoms with Gasteiger partial charge in [-0.25, -0.2) is 0 Å². The fraction of sp³-hybridized carbons (Fsp3) is 0.200. The monoisotopic (exact) mass is 225 g/mol. The highest BCUT2D eigenvalue weighted by atomic mass is 16.1. The number of carbonyl (C=O) groups is 1. The van der Waals surface area contributed by atoms with E-state index in [9.17, 15) is 4.79 Å². The summed E-state index contributed by atoms with van der Waals surface area (Å²) in [5.74, 6) is 0.109. The first-order chi connectivity index (χ1) is 8.25. The van der Waals surface area contributed by atoms with Crippen molar-refractivity contribution in [3.63, 3.8) is 0 Å². The minimum atomic E-state index is 0.109. The Morgan fingerprint density at radius 2 is 1.82 bits per heavy atom. The maximum Gasteiger partial charge on any atom is 0.181 e. The first-order valence-electron chi connectivity index (χ1n) is 5.76. The molecule has 17 heavy (non-hydrogen) atoms. The molecule has 1 heterocycles. The highest BCUT2D eigenvalue weighted by Gasteiger charge is 2.07. The number of pyridine rings is 1. The van der Waals surface area contributed by atoms with Gasteiger partial charge in [0.2, 0.25) is 0 Å². The first kappa shape index (κ1) is 11.5. The Morgan fingerprint density at radius 1 is 1.06 bits per heavy atom. The van der Waals surface area contributed by atoms with Crippen LogP contribution in [0.4, 0.5) is 0 Å². The summed E-state index contributed by atoms with van der Waals surface area (Å²) in [4.78, 5) is 16.1. The largest absolute Gasteiger partial charge is 0.292 e. The molecule has 2 heteroatoms. The van der Waals surface area contributed by atoms with Crippen LogP contribution in [-0.4, -0.2) is 10.8 Å². The number of aromatic nitrogens is 1. The third-order valence-corrected chi connectivity index (χ3v) is 2.66. The molecule has 0 saturated heterocycles. The Labute approximate surface area is 101 Å². The zero-order valence-electron chi connectivity index (χ0n) is 9.89. The fourth-order valence-corrected chi connectivity index (χ4v) is 1.73. The Hall–Kier alpha value is -1.96. The van der Waals surface area contributed by atoms with E-state index in [4.69, 9.17) is 0 Å². The van der Waals surface area contributed by atoms with E-state index in [2.05, 4.69) is 4.98 Å². The number of hydrogen-bond donors (Lipinski definition) is 0. The predicted molar refractivity (Wildman–Crippen MR) is 68.1 cm³/mol. The molecule has 0 bridgehead atoms. The zero-order valence-corrected chi connectivity index (χ0v) is 9.89. The molecule has 0 saturated carbocycles. The predicted octanol–water partition coefficient (Wildman–Crippen LogP) is 3.21. The van der Waals surface area contributed by atoms with Gasteiger partial charge in [-0.2, -0.15) is 0 Å². The molecule has 2 aromatic rings. The van der Waals surface area contributed by atoms with Crippen LogP contribution in [0.2, 0.25) is 0 Å². The maximum atomic E-state index is 11.9. The minimum absolute atomic E-state index is 0.109. The van der Waals surface area contributed by atoms with Crippen molar-refractivity contribution >= 4 is 5.78 Å². The lowest BCUT2D eigenvalue weighted by Crippen LogP contribution is -2.04. The van der Waals surface area contributed by atoms with Gasteiger partial charge >= 0.3 is 0 Å². The number of benzene rings is 1. The lowest BCUT2D eigenvalue weighted by atomic mass is 10.1. The van der Waals surface area contributed by atoms with Gasteiger partial charge in [0, 0.05) is 12.1 Å². The van der Waals surface area contributed by atoms with Gasteiger partial charge < -0.3 is 0 Å². The Kier molecular flexibility index (Phi) is 3.66. The number of hydrogen-bond acceptors (Lipinski definition) is 2. The van der Waals surface area contributed by atoms with Crippen LogP contribution in [0.1, 0.15) is 28.2 Å². The maximum absolute atomic E-state index is 11.9. The van der Waals surface area contributed by atoms with Crippen molar-refractivity contribution in [1.29, 1.82) is 0 Å². The average Bonchev–Trinajstić information content (AvgIpc) is 2.37. The van der Waals surface area contributed by atoms with Gasteiger partial charge in [0.05, 0.1) is 0 Å². The molecule has 86 valence electrons. The standard InChI is InChI=1S/C15H15NO/c1-12-6-5-9-14(16-12)15(17)11-10-13-7-3-2-4-8-13/h2-9H,10-11H2,1H3. The topological polar surface area (TPSA) is 30.0 Å². The van der Waals surface area contributed by atoms with Crippen LogP contribution in [0.25, 0.3) is 0 Å². The zero-order chi connectivity index (χ0) is 12.1. The van der Waals surface area contributed by atoms with E-state index >= 15 is 0 Å². The summed E-state index contributed by atoms with van der Waals surface area (Å²) in [7, 11) is 0. The molecule has 0 amide bonds. The average molecular weight is 225 g/mol. The SMILES string of the molecule is Cc1cccc(C(=O)CCc2ccccc2)n1. The Morgan fingerprint density at radius 3 is 2.53 bits per heavy atom. The second kappa shape index (κ2) is 5.39. The van der Waals surface area contributed by atoms with Crippen molar-refractivity contribution in [1.82, 2.24) is 4.98 Å². The molecule has 0 aliphatic rings. The lowest BCUT2D eigenvalue weighted by Gasteiger charge is -2.02. The van der Waals surface area contributed by atoms with Crippen molar-refractivity contribution in [2.75, 3.05) is 0 Å². The summed E-state index contributed by atoms with van der Waals surface area (Å²) >= 11 is 0. The molecule has 0 spiro atoms. The van der Waals surface area contributed by atoms with Gasteiger partial charge in [-0.1, -0.05) is 36.4 Å². The Balaban J connectivity index is 1.98. The number of ketones is 1. The van der Waals surface area contributed by atoms with Crippen molar-refractivity contribution < 1.29 is 4.79 Å². The quantitative estimate of drug-likeness (QED) is 0.748. The van der Waals surface area contributed by atoms with Gasteiger partial charge in [0.15, 0.2) is 5.78 Å². The second-order valence-electron chi connectivity index (χ2n) is 4.07. The van der Waals surface area contributed by atoms with Crippen molar-refractivity contribution in [2.45, 2.75) is 19.8 Å². The van der Waals surface area contributed by atoms with Crippen LogP contribution in [0.5, 0.6) is 0 Å². The van der Waals surface area contributed by atoms with E-state index in [1.54, 1.807) is 6.07 Å². The third-order valence-electron chi connectivity index (χ3n) is 2.66. The molecule has 0 fully saturated rings. The van der Waals surface area contributed by atoms with Gasteiger partial charge in [-0.3, -0.25) is 9.78 Å². The summed E-state index contributed by atoms with van der Waals surface area (Å²) < 4.78 is 0. The van der Waals surface area contributed by atoms with Crippen LogP contribution in [0, 0.1) is 6.92 Å². The number of carbonyl (C=O) groups excluding carboxylic acids is 1. The van der Waals surface area contributed by atoms with Gasteiger partial charge in [-0.15, -0.1) is 0 Å². The minimum Gasteiger partial charge on any atom is -0.292 e. The fourth-order valence-electron chi connectivity index (χ4n) is 1.73. The summed E-state index contributed by atoms with van der Waals surface area (Å²) in [6.07, 6.45) is 1.29. The first-order valence-corrected chi connectivity index (χ1v) is 5.76. The van der Waals surface area contributed by atoms with Crippen LogP contribution in [0.3, 0.4) is 0 Å². The van der Waals surface area contributed by atoms with E-state index in [0.29, 0.717) is 12.1 Å².